The van der Waals surface area contributed by atoms with Crippen LogP contribution in [0.4, 0.5) is 5.69 Å². The highest BCUT2D eigenvalue weighted by Crippen LogP contribution is 2.15. The molecule has 5 nitrogen and oxygen atoms in total. The lowest BCUT2D eigenvalue weighted by molar-refractivity contribution is 0.0857. The Bertz CT molecular complexity index is 773. The highest BCUT2D eigenvalue weighted by atomic mass is 127. The summed E-state index contributed by atoms with van der Waals surface area (Å²) in [6.45, 7) is 1.28. The van der Waals surface area contributed by atoms with Gasteiger partial charge in [0.05, 0.1) is 6.10 Å². The molecule has 2 amide bonds. The van der Waals surface area contributed by atoms with Crippen molar-refractivity contribution < 1.29 is 14.3 Å². The number of anilines is 1. The first-order valence-corrected chi connectivity index (χ1v) is 9.26. The highest BCUT2D eigenvalue weighted by molar-refractivity contribution is 14.1. The van der Waals surface area contributed by atoms with Gasteiger partial charge in [0.15, 0.2) is 0 Å². The molecule has 2 N–H and O–H groups in total. The van der Waals surface area contributed by atoms with E-state index in [4.69, 9.17) is 4.74 Å². The molecule has 0 aromatic heterocycles. The summed E-state index contributed by atoms with van der Waals surface area (Å²) in [4.78, 5) is 24.6. The minimum Gasteiger partial charge on any atom is -0.376 e. The average Bonchev–Trinajstić information content (AvgIpc) is 3.13. The number of benzene rings is 2. The van der Waals surface area contributed by atoms with Crippen molar-refractivity contribution in [3.63, 3.8) is 0 Å². The maximum absolute atomic E-state index is 12.3. The predicted molar refractivity (Wildman–Crippen MR) is 105 cm³/mol. The average molecular weight is 450 g/mol. The van der Waals surface area contributed by atoms with Gasteiger partial charge >= 0.3 is 0 Å². The summed E-state index contributed by atoms with van der Waals surface area (Å²) in [6.07, 6.45) is 2.12. The predicted octanol–water partition coefficient (Wildman–Crippen LogP) is 3.45. The summed E-state index contributed by atoms with van der Waals surface area (Å²) in [7, 11) is 0. The van der Waals surface area contributed by atoms with Crippen LogP contribution in [0.3, 0.4) is 0 Å². The van der Waals surface area contributed by atoms with Crippen LogP contribution in [0.5, 0.6) is 0 Å². The van der Waals surface area contributed by atoms with Crippen LogP contribution in [0.25, 0.3) is 0 Å². The Morgan fingerprint density at radius 1 is 1.08 bits per heavy atom. The molecule has 1 aliphatic rings. The van der Waals surface area contributed by atoms with E-state index in [0.29, 0.717) is 23.4 Å². The number of carbonyl (C=O) groups is 2. The number of halogens is 1. The second-order valence-electron chi connectivity index (χ2n) is 5.89. The van der Waals surface area contributed by atoms with Gasteiger partial charge in [0.25, 0.3) is 11.8 Å². The number of rotatable bonds is 5. The number of ether oxygens (including phenoxy) is 1. The Balaban J connectivity index is 1.62. The van der Waals surface area contributed by atoms with Crippen LogP contribution >= 0.6 is 22.6 Å². The van der Waals surface area contributed by atoms with E-state index in [0.717, 1.165) is 23.0 Å². The Hall–Kier alpha value is -1.93. The molecule has 2 aromatic carbocycles. The molecule has 0 saturated carbocycles. The molecule has 1 aliphatic heterocycles. The molecular weight excluding hydrogens is 431 g/mol. The van der Waals surface area contributed by atoms with E-state index in [2.05, 4.69) is 33.2 Å². The van der Waals surface area contributed by atoms with Gasteiger partial charge in [-0.15, -0.1) is 0 Å². The SMILES string of the molecule is O=C(NCC1CCCO1)c1cccc(NC(=O)c2cccc(I)c2)c1. The van der Waals surface area contributed by atoms with Gasteiger partial charge in [-0.25, -0.2) is 0 Å². The zero-order valence-corrected chi connectivity index (χ0v) is 15.8. The molecule has 1 unspecified atom stereocenters. The molecule has 0 aliphatic carbocycles. The van der Waals surface area contributed by atoms with Crippen LogP contribution < -0.4 is 10.6 Å². The van der Waals surface area contributed by atoms with Gasteiger partial charge < -0.3 is 15.4 Å². The van der Waals surface area contributed by atoms with Crippen molar-refractivity contribution in [1.29, 1.82) is 0 Å². The second kappa shape index (κ2) is 8.44. The van der Waals surface area contributed by atoms with Gasteiger partial charge in [0.2, 0.25) is 0 Å². The van der Waals surface area contributed by atoms with Crippen molar-refractivity contribution in [2.75, 3.05) is 18.5 Å². The van der Waals surface area contributed by atoms with Crippen molar-refractivity contribution in [1.82, 2.24) is 5.32 Å². The summed E-state index contributed by atoms with van der Waals surface area (Å²) < 4.78 is 6.49. The fourth-order valence-electron chi connectivity index (χ4n) is 2.69. The third-order valence-electron chi connectivity index (χ3n) is 3.98. The molecule has 0 radical (unpaired) electrons. The zero-order chi connectivity index (χ0) is 17.6. The quantitative estimate of drug-likeness (QED) is 0.686. The summed E-state index contributed by atoms with van der Waals surface area (Å²) in [5.41, 5.74) is 1.69. The van der Waals surface area contributed by atoms with Crippen molar-refractivity contribution >= 4 is 40.1 Å². The minimum atomic E-state index is -0.199. The molecule has 1 saturated heterocycles. The smallest absolute Gasteiger partial charge is 0.255 e. The number of carbonyl (C=O) groups excluding carboxylic acids is 2. The molecule has 6 heteroatoms. The molecular formula is C19H19IN2O3. The van der Waals surface area contributed by atoms with Crippen molar-refractivity contribution in [2.24, 2.45) is 0 Å². The van der Waals surface area contributed by atoms with Gasteiger partial charge in [-0.05, 0) is 71.8 Å². The summed E-state index contributed by atoms with van der Waals surface area (Å²) >= 11 is 2.17. The van der Waals surface area contributed by atoms with Gasteiger partial charge in [0.1, 0.15) is 0 Å². The largest absolute Gasteiger partial charge is 0.376 e. The van der Waals surface area contributed by atoms with E-state index in [-0.39, 0.29) is 17.9 Å². The lowest BCUT2D eigenvalue weighted by atomic mass is 10.1. The summed E-state index contributed by atoms with van der Waals surface area (Å²) in [6, 6.07) is 14.3. The van der Waals surface area contributed by atoms with E-state index in [9.17, 15) is 9.59 Å². The van der Waals surface area contributed by atoms with E-state index < -0.39 is 0 Å². The van der Waals surface area contributed by atoms with Crippen LogP contribution in [0.2, 0.25) is 0 Å². The maximum Gasteiger partial charge on any atom is 0.255 e. The van der Waals surface area contributed by atoms with Crippen molar-refractivity contribution in [3.05, 3.63) is 63.2 Å². The van der Waals surface area contributed by atoms with Gasteiger partial charge in [0, 0.05) is 33.5 Å². The first-order chi connectivity index (χ1) is 12.1. The number of hydrogen-bond acceptors (Lipinski definition) is 3. The van der Waals surface area contributed by atoms with Crippen LogP contribution in [-0.2, 0) is 4.74 Å². The third kappa shape index (κ3) is 5.02. The molecule has 1 heterocycles. The Morgan fingerprint density at radius 3 is 2.56 bits per heavy atom. The number of hydrogen-bond donors (Lipinski definition) is 2. The molecule has 25 heavy (non-hydrogen) atoms. The second-order valence-corrected chi connectivity index (χ2v) is 7.14. The van der Waals surface area contributed by atoms with Gasteiger partial charge in [-0.2, -0.15) is 0 Å². The van der Waals surface area contributed by atoms with Crippen LogP contribution in [-0.4, -0.2) is 31.1 Å². The van der Waals surface area contributed by atoms with Crippen LogP contribution in [0, 0.1) is 3.57 Å². The van der Waals surface area contributed by atoms with Gasteiger partial charge in [-0.3, -0.25) is 9.59 Å². The van der Waals surface area contributed by atoms with Crippen LogP contribution in [0.1, 0.15) is 33.6 Å². The lowest BCUT2D eigenvalue weighted by Crippen LogP contribution is -2.31. The van der Waals surface area contributed by atoms with E-state index >= 15 is 0 Å². The molecule has 130 valence electrons. The summed E-state index contributed by atoms with van der Waals surface area (Å²) in [5.74, 6) is -0.365. The number of amides is 2. The van der Waals surface area contributed by atoms with Crippen LogP contribution in [0.15, 0.2) is 48.5 Å². The fraction of sp³-hybridized carbons (Fsp3) is 0.263. The zero-order valence-electron chi connectivity index (χ0n) is 13.6. The fourth-order valence-corrected chi connectivity index (χ4v) is 3.23. The Labute approximate surface area is 160 Å². The van der Waals surface area contributed by atoms with Crippen molar-refractivity contribution in [3.8, 4) is 0 Å². The molecule has 2 aromatic rings. The molecule has 0 spiro atoms. The van der Waals surface area contributed by atoms with Crippen molar-refractivity contribution in [2.45, 2.75) is 18.9 Å². The molecule has 1 atom stereocenters. The first-order valence-electron chi connectivity index (χ1n) is 8.18. The third-order valence-corrected chi connectivity index (χ3v) is 4.65. The molecule has 0 bridgehead atoms. The van der Waals surface area contributed by atoms with Gasteiger partial charge in [-0.1, -0.05) is 12.1 Å². The number of nitrogens with one attached hydrogen (secondary N) is 2. The first kappa shape index (κ1) is 17.9. The standard InChI is InChI=1S/C19H19IN2O3/c20-15-6-1-4-13(10-15)19(24)22-16-7-2-5-14(11-16)18(23)21-12-17-8-3-9-25-17/h1-2,4-7,10-11,17H,3,8-9,12H2,(H,21,23)(H,22,24). The van der Waals surface area contributed by atoms with E-state index in [1.165, 1.54) is 0 Å². The van der Waals surface area contributed by atoms with E-state index in [1.54, 1.807) is 30.3 Å². The topological polar surface area (TPSA) is 67.4 Å². The summed E-state index contributed by atoms with van der Waals surface area (Å²) in [5, 5.41) is 5.71. The van der Waals surface area contributed by atoms with E-state index in [1.807, 2.05) is 18.2 Å². The Kier molecular flexibility index (Phi) is 6.04. The highest BCUT2D eigenvalue weighted by Gasteiger charge is 2.17. The minimum absolute atomic E-state index is 0.104. The monoisotopic (exact) mass is 450 g/mol. The Morgan fingerprint density at radius 2 is 1.84 bits per heavy atom. The lowest BCUT2D eigenvalue weighted by Gasteiger charge is -2.11. The molecule has 3 rings (SSSR count). The normalized spacial score (nSPS) is 16.4. The maximum atomic E-state index is 12.3. The molecule has 1 fully saturated rings.